The van der Waals surface area contributed by atoms with Crippen LogP contribution in [-0.2, 0) is 11.2 Å². The van der Waals surface area contributed by atoms with E-state index in [-0.39, 0.29) is 5.91 Å². The number of carbonyl (C=O) groups is 1. The Bertz CT molecular complexity index is 367. The van der Waals surface area contributed by atoms with E-state index in [0.29, 0.717) is 6.42 Å². The van der Waals surface area contributed by atoms with Gasteiger partial charge in [0.05, 0.1) is 0 Å². The summed E-state index contributed by atoms with van der Waals surface area (Å²) in [6, 6.07) is 8.10. The van der Waals surface area contributed by atoms with Crippen molar-refractivity contribution in [1.29, 1.82) is 0 Å². The van der Waals surface area contributed by atoms with E-state index in [4.69, 9.17) is 0 Å². The second-order valence-electron chi connectivity index (χ2n) is 3.54. The summed E-state index contributed by atoms with van der Waals surface area (Å²) in [6.45, 7) is 1.51. The average Bonchev–Trinajstić information content (AvgIpc) is 2.63. The van der Waals surface area contributed by atoms with Gasteiger partial charge in [0, 0.05) is 24.0 Å². The molecule has 80 valence electrons. The van der Waals surface area contributed by atoms with E-state index in [1.807, 2.05) is 18.2 Å². The Morgan fingerprint density at radius 3 is 2.87 bits per heavy atom. The second kappa shape index (κ2) is 4.77. The number of hydrazine groups is 1. The van der Waals surface area contributed by atoms with Crippen LogP contribution in [0.4, 0.5) is 0 Å². The number of carbonyl (C=O) groups excluding carboxylic acids is 1. The van der Waals surface area contributed by atoms with Gasteiger partial charge in [0.25, 0.3) is 0 Å². The summed E-state index contributed by atoms with van der Waals surface area (Å²) in [6.07, 6.45) is 1.50. The van der Waals surface area contributed by atoms with E-state index in [9.17, 15) is 4.79 Å². The summed E-state index contributed by atoms with van der Waals surface area (Å²) in [5.74, 6) is 0.196. The predicted octanol–water partition coefficient (Wildman–Crippen LogP) is 1.73. The summed E-state index contributed by atoms with van der Waals surface area (Å²) in [5, 5.41) is 1.71. The van der Waals surface area contributed by atoms with Gasteiger partial charge < -0.3 is 0 Å². The number of halogens is 1. The highest BCUT2D eigenvalue weighted by atomic mass is 79.9. The lowest BCUT2D eigenvalue weighted by molar-refractivity contribution is -0.129. The van der Waals surface area contributed by atoms with Crippen LogP contribution in [0.25, 0.3) is 0 Å². The molecule has 0 atom stereocenters. The van der Waals surface area contributed by atoms with Gasteiger partial charge in [0.15, 0.2) is 0 Å². The maximum absolute atomic E-state index is 11.3. The lowest BCUT2D eigenvalue weighted by atomic mass is 10.1. The monoisotopic (exact) mass is 268 g/mol. The van der Waals surface area contributed by atoms with Gasteiger partial charge in [0.2, 0.25) is 5.91 Å². The van der Waals surface area contributed by atoms with Gasteiger partial charge in [-0.05, 0) is 18.1 Å². The van der Waals surface area contributed by atoms with E-state index in [2.05, 4.69) is 27.4 Å². The zero-order valence-electron chi connectivity index (χ0n) is 8.37. The fourth-order valence-corrected chi connectivity index (χ4v) is 2.14. The van der Waals surface area contributed by atoms with Gasteiger partial charge in [-0.25, -0.2) is 5.43 Å². The minimum Gasteiger partial charge on any atom is -0.278 e. The van der Waals surface area contributed by atoms with Crippen LogP contribution in [0.2, 0.25) is 0 Å². The number of hydrogen-bond donors (Lipinski definition) is 1. The molecular formula is C11H13BrN2O. The first kappa shape index (κ1) is 10.6. The summed E-state index contributed by atoms with van der Waals surface area (Å²) in [4.78, 5) is 11.3. The molecule has 0 saturated carbocycles. The number of hydrogen-bond acceptors (Lipinski definition) is 2. The Kier molecular flexibility index (Phi) is 3.38. The number of rotatable bonds is 3. The van der Waals surface area contributed by atoms with Crippen LogP contribution in [0.1, 0.15) is 12.0 Å². The number of nitrogens with one attached hydrogen (secondary N) is 1. The van der Waals surface area contributed by atoms with Gasteiger partial charge in [-0.15, -0.1) is 0 Å². The van der Waals surface area contributed by atoms with Gasteiger partial charge in [-0.1, -0.05) is 34.1 Å². The van der Waals surface area contributed by atoms with Gasteiger partial charge >= 0.3 is 0 Å². The molecule has 0 radical (unpaired) electrons. The standard InChI is InChI=1S/C11H13BrN2O/c12-10-4-2-1-3-9(10)6-8-14-11(15)5-7-13-14/h1-4,13H,5-8H2. The lowest BCUT2D eigenvalue weighted by Crippen LogP contribution is -2.35. The topological polar surface area (TPSA) is 32.3 Å². The van der Waals surface area contributed by atoms with E-state index >= 15 is 0 Å². The first-order chi connectivity index (χ1) is 7.27. The summed E-state index contributed by atoms with van der Waals surface area (Å²) < 4.78 is 1.11. The largest absolute Gasteiger partial charge is 0.278 e. The Morgan fingerprint density at radius 2 is 2.20 bits per heavy atom. The molecule has 2 rings (SSSR count). The first-order valence-corrected chi connectivity index (χ1v) is 5.84. The van der Waals surface area contributed by atoms with Crippen molar-refractivity contribution >= 4 is 21.8 Å². The molecule has 0 spiro atoms. The van der Waals surface area contributed by atoms with E-state index in [1.165, 1.54) is 5.56 Å². The SMILES string of the molecule is O=C1CCNN1CCc1ccccc1Br. The lowest BCUT2D eigenvalue weighted by Gasteiger charge is -2.15. The molecule has 1 saturated heterocycles. The molecule has 4 heteroatoms. The molecule has 0 aliphatic carbocycles. The van der Waals surface area contributed by atoms with E-state index in [0.717, 1.165) is 24.0 Å². The number of amides is 1. The van der Waals surface area contributed by atoms with Crippen molar-refractivity contribution < 1.29 is 4.79 Å². The van der Waals surface area contributed by atoms with Crippen LogP contribution in [0.3, 0.4) is 0 Å². The molecule has 1 aliphatic heterocycles. The highest BCUT2D eigenvalue weighted by Crippen LogP contribution is 2.16. The Balaban J connectivity index is 1.93. The van der Waals surface area contributed by atoms with Crippen molar-refractivity contribution in [2.45, 2.75) is 12.8 Å². The van der Waals surface area contributed by atoms with Gasteiger partial charge in [0.1, 0.15) is 0 Å². The van der Waals surface area contributed by atoms with Crippen LogP contribution >= 0.6 is 15.9 Å². The summed E-state index contributed by atoms with van der Waals surface area (Å²) in [5.41, 5.74) is 4.30. The van der Waals surface area contributed by atoms with Crippen LogP contribution in [0, 0.1) is 0 Å². The average molecular weight is 269 g/mol. The smallest absolute Gasteiger partial charge is 0.238 e. The maximum Gasteiger partial charge on any atom is 0.238 e. The number of benzene rings is 1. The molecule has 1 N–H and O–H groups in total. The second-order valence-corrected chi connectivity index (χ2v) is 4.40. The Hall–Kier alpha value is -0.870. The molecule has 0 unspecified atom stereocenters. The fourth-order valence-electron chi connectivity index (χ4n) is 1.66. The molecular weight excluding hydrogens is 256 g/mol. The van der Waals surface area contributed by atoms with Crippen molar-refractivity contribution in [3.05, 3.63) is 34.3 Å². The van der Waals surface area contributed by atoms with Crippen LogP contribution in [-0.4, -0.2) is 24.0 Å². The van der Waals surface area contributed by atoms with Gasteiger partial charge in [-0.3, -0.25) is 9.80 Å². The van der Waals surface area contributed by atoms with Crippen LogP contribution in [0.15, 0.2) is 28.7 Å². The molecule has 1 amide bonds. The minimum atomic E-state index is 0.196. The molecule has 0 aromatic heterocycles. The summed E-state index contributed by atoms with van der Waals surface area (Å²) >= 11 is 3.50. The molecule has 1 aromatic carbocycles. The molecule has 1 heterocycles. The van der Waals surface area contributed by atoms with Crippen molar-refractivity contribution in [3.8, 4) is 0 Å². The van der Waals surface area contributed by atoms with Crippen molar-refractivity contribution in [2.75, 3.05) is 13.1 Å². The van der Waals surface area contributed by atoms with Crippen LogP contribution < -0.4 is 5.43 Å². The fraction of sp³-hybridized carbons (Fsp3) is 0.364. The third kappa shape index (κ3) is 2.58. The quantitative estimate of drug-likeness (QED) is 0.906. The highest BCUT2D eigenvalue weighted by molar-refractivity contribution is 9.10. The Morgan fingerprint density at radius 1 is 1.40 bits per heavy atom. The van der Waals surface area contributed by atoms with E-state index in [1.54, 1.807) is 5.01 Å². The molecule has 0 bridgehead atoms. The zero-order chi connectivity index (χ0) is 10.7. The molecule has 1 aromatic rings. The molecule has 1 aliphatic rings. The minimum absolute atomic E-state index is 0.196. The number of nitrogens with zero attached hydrogens (tertiary/aromatic N) is 1. The molecule has 1 fully saturated rings. The first-order valence-electron chi connectivity index (χ1n) is 5.04. The van der Waals surface area contributed by atoms with Crippen molar-refractivity contribution in [1.82, 2.24) is 10.4 Å². The van der Waals surface area contributed by atoms with Gasteiger partial charge in [-0.2, -0.15) is 0 Å². The normalized spacial score (nSPS) is 16.1. The predicted molar refractivity (Wildman–Crippen MR) is 62.2 cm³/mol. The van der Waals surface area contributed by atoms with Crippen molar-refractivity contribution in [2.24, 2.45) is 0 Å². The third-order valence-corrected chi connectivity index (χ3v) is 3.28. The maximum atomic E-state index is 11.3. The third-order valence-electron chi connectivity index (χ3n) is 2.51. The van der Waals surface area contributed by atoms with E-state index < -0.39 is 0 Å². The molecule has 15 heavy (non-hydrogen) atoms. The summed E-state index contributed by atoms with van der Waals surface area (Å²) in [7, 11) is 0. The highest BCUT2D eigenvalue weighted by Gasteiger charge is 2.19. The van der Waals surface area contributed by atoms with Crippen molar-refractivity contribution in [3.63, 3.8) is 0 Å². The molecule has 3 nitrogen and oxygen atoms in total. The Labute approximate surface area is 97.6 Å². The van der Waals surface area contributed by atoms with Crippen LogP contribution in [0.5, 0.6) is 0 Å². The zero-order valence-corrected chi connectivity index (χ0v) is 9.96.